The standard InChI is InChI=1S/C21H33N3O/c1-17-4-3-5-19(14-17)16-23-10-12-24(13-11-23)21(25)15-18(2)20-6-8-22-9-7-20/h3-5,14,18,20,22H,6-13,15-16H2,1-2H3. The largest absolute Gasteiger partial charge is 0.340 e. The summed E-state index contributed by atoms with van der Waals surface area (Å²) in [6.07, 6.45) is 3.17. The summed E-state index contributed by atoms with van der Waals surface area (Å²) in [5.74, 6) is 1.59. The third-order valence-electron chi connectivity index (χ3n) is 5.90. The maximum Gasteiger partial charge on any atom is 0.222 e. The van der Waals surface area contributed by atoms with E-state index in [0.29, 0.717) is 17.7 Å². The fourth-order valence-corrected chi connectivity index (χ4v) is 4.21. The van der Waals surface area contributed by atoms with E-state index in [2.05, 4.69) is 53.2 Å². The fraction of sp³-hybridized carbons (Fsp3) is 0.667. The second-order valence-corrected chi connectivity index (χ2v) is 7.91. The molecule has 2 aliphatic heterocycles. The van der Waals surface area contributed by atoms with Crippen molar-refractivity contribution in [1.82, 2.24) is 15.1 Å². The average Bonchev–Trinajstić information content (AvgIpc) is 2.63. The molecule has 1 N–H and O–H groups in total. The minimum atomic E-state index is 0.362. The van der Waals surface area contributed by atoms with Gasteiger partial charge in [-0.25, -0.2) is 0 Å². The molecule has 0 radical (unpaired) electrons. The molecular weight excluding hydrogens is 310 g/mol. The van der Waals surface area contributed by atoms with Crippen LogP contribution in [0.1, 0.15) is 37.3 Å². The van der Waals surface area contributed by atoms with E-state index in [1.54, 1.807) is 0 Å². The van der Waals surface area contributed by atoms with Crippen LogP contribution in [0.4, 0.5) is 0 Å². The lowest BCUT2D eigenvalue weighted by atomic mass is 9.84. The predicted octanol–water partition coefficient (Wildman–Crippen LogP) is 2.67. The van der Waals surface area contributed by atoms with E-state index in [-0.39, 0.29) is 0 Å². The highest BCUT2D eigenvalue weighted by molar-refractivity contribution is 5.76. The molecule has 0 spiro atoms. The monoisotopic (exact) mass is 343 g/mol. The minimum absolute atomic E-state index is 0.362. The van der Waals surface area contributed by atoms with E-state index < -0.39 is 0 Å². The van der Waals surface area contributed by atoms with Crippen LogP contribution < -0.4 is 5.32 Å². The molecule has 1 aromatic carbocycles. The Morgan fingerprint density at radius 1 is 1.20 bits per heavy atom. The zero-order valence-corrected chi connectivity index (χ0v) is 15.8. The maximum atomic E-state index is 12.7. The summed E-state index contributed by atoms with van der Waals surface area (Å²) < 4.78 is 0. The van der Waals surface area contributed by atoms with Crippen molar-refractivity contribution in [2.75, 3.05) is 39.3 Å². The molecule has 0 saturated carbocycles. The lowest BCUT2D eigenvalue weighted by molar-refractivity contribution is -0.134. The van der Waals surface area contributed by atoms with Crippen molar-refractivity contribution in [1.29, 1.82) is 0 Å². The smallest absolute Gasteiger partial charge is 0.222 e. The van der Waals surface area contributed by atoms with E-state index in [0.717, 1.165) is 52.2 Å². The van der Waals surface area contributed by atoms with Gasteiger partial charge in [-0.2, -0.15) is 0 Å². The van der Waals surface area contributed by atoms with Crippen LogP contribution in [0.3, 0.4) is 0 Å². The molecule has 0 aromatic heterocycles. The Kier molecular flexibility index (Phi) is 6.49. The number of hydrogen-bond donors (Lipinski definition) is 1. The number of aryl methyl sites for hydroxylation is 1. The summed E-state index contributed by atoms with van der Waals surface area (Å²) in [4.78, 5) is 17.2. The van der Waals surface area contributed by atoms with Crippen molar-refractivity contribution < 1.29 is 4.79 Å². The number of piperazine rings is 1. The van der Waals surface area contributed by atoms with Gasteiger partial charge in [-0.15, -0.1) is 0 Å². The number of carbonyl (C=O) groups is 1. The molecule has 1 unspecified atom stereocenters. The molecule has 138 valence electrons. The Morgan fingerprint density at radius 3 is 2.60 bits per heavy atom. The normalized spacial score (nSPS) is 21.3. The first kappa shape index (κ1) is 18.4. The van der Waals surface area contributed by atoms with E-state index in [1.807, 2.05) is 0 Å². The van der Waals surface area contributed by atoms with E-state index >= 15 is 0 Å². The third kappa shape index (κ3) is 5.29. The number of nitrogens with one attached hydrogen (secondary N) is 1. The average molecular weight is 344 g/mol. The van der Waals surface area contributed by atoms with Gasteiger partial charge < -0.3 is 10.2 Å². The summed E-state index contributed by atoms with van der Waals surface area (Å²) >= 11 is 0. The Bertz CT molecular complexity index is 560. The number of rotatable bonds is 5. The van der Waals surface area contributed by atoms with Crippen molar-refractivity contribution in [2.24, 2.45) is 11.8 Å². The van der Waals surface area contributed by atoms with Crippen LogP contribution in [0.15, 0.2) is 24.3 Å². The van der Waals surface area contributed by atoms with Crippen molar-refractivity contribution >= 4 is 5.91 Å². The van der Waals surface area contributed by atoms with Crippen LogP contribution in [-0.2, 0) is 11.3 Å². The molecule has 2 heterocycles. The van der Waals surface area contributed by atoms with Gasteiger partial charge in [0.25, 0.3) is 0 Å². The van der Waals surface area contributed by atoms with E-state index in [9.17, 15) is 4.79 Å². The third-order valence-corrected chi connectivity index (χ3v) is 5.90. The lowest BCUT2D eigenvalue weighted by Crippen LogP contribution is -2.48. The summed E-state index contributed by atoms with van der Waals surface area (Å²) in [5.41, 5.74) is 2.69. The highest BCUT2D eigenvalue weighted by atomic mass is 16.2. The highest BCUT2D eigenvalue weighted by Crippen LogP contribution is 2.25. The van der Waals surface area contributed by atoms with E-state index in [4.69, 9.17) is 0 Å². The first-order chi connectivity index (χ1) is 12.1. The second-order valence-electron chi connectivity index (χ2n) is 7.91. The Morgan fingerprint density at radius 2 is 1.92 bits per heavy atom. The van der Waals surface area contributed by atoms with E-state index in [1.165, 1.54) is 24.0 Å². The highest BCUT2D eigenvalue weighted by Gasteiger charge is 2.26. The summed E-state index contributed by atoms with van der Waals surface area (Å²) in [5, 5.41) is 3.41. The Hall–Kier alpha value is -1.39. The van der Waals surface area contributed by atoms with Crippen LogP contribution >= 0.6 is 0 Å². The molecular formula is C21H33N3O. The fourth-order valence-electron chi connectivity index (χ4n) is 4.21. The molecule has 2 aliphatic rings. The zero-order valence-electron chi connectivity index (χ0n) is 15.8. The van der Waals surface area contributed by atoms with Gasteiger partial charge in [0.05, 0.1) is 0 Å². The van der Waals surface area contributed by atoms with Crippen LogP contribution in [0.2, 0.25) is 0 Å². The van der Waals surface area contributed by atoms with Crippen LogP contribution in [0.25, 0.3) is 0 Å². The van der Waals surface area contributed by atoms with Gasteiger partial charge >= 0.3 is 0 Å². The van der Waals surface area contributed by atoms with Gasteiger partial charge in [-0.1, -0.05) is 36.8 Å². The second kappa shape index (κ2) is 8.81. The van der Waals surface area contributed by atoms with Crippen molar-refractivity contribution in [3.8, 4) is 0 Å². The number of carbonyl (C=O) groups excluding carboxylic acids is 1. The number of benzene rings is 1. The quantitative estimate of drug-likeness (QED) is 0.893. The van der Waals surface area contributed by atoms with Gasteiger partial charge in [0.1, 0.15) is 0 Å². The van der Waals surface area contributed by atoms with Crippen LogP contribution in [0.5, 0.6) is 0 Å². The van der Waals surface area contributed by atoms with Gasteiger partial charge in [0, 0.05) is 39.1 Å². The van der Waals surface area contributed by atoms with Crippen LogP contribution in [-0.4, -0.2) is 55.0 Å². The Balaban J connectivity index is 1.42. The van der Waals surface area contributed by atoms with Crippen molar-refractivity contribution in [3.63, 3.8) is 0 Å². The predicted molar refractivity (Wildman–Crippen MR) is 102 cm³/mol. The summed E-state index contributed by atoms with van der Waals surface area (Å²) in [6.45, 7) is 11.4. The number of piperidine rings is 1. The molecule has 0 bridgehead atoms. The number of nitrogens with zero attached hydrogens (tertiary/aromatic N) is 2. The molecule has 25 heavy (non-hydrogen) atoms. The topological polar surface area (TPSA) is 35.6 Å². The SMILES string of the molecule is Cc1cccc(CN2CCN(C(=O)CC(C)C3CCNCC3)CC2)c1. The summed E-state index contributed by atoms with van der Waals surface area (Å²) in [7, 11) is 0. The molecule has 4 heteroatoms. The van der Waals surface area contributed by atoms with Crippen molar-refractivity contribution in [3.05, 3.63) is 35.4 Å². The van der Waals surface area contributed by atoms with Gasteiger partial charge in [0.2, 0.25) is 5.91 Å². The van der Waals surface area contributed by atoms with Gasteiger partial charge in [-0.3, -0.25) is 9.69 Å². The number of amides is 1. The van der Waals surface area contributed by atoms with Crippen LogP contribution in [0, 0.1) is 18.8 Å². The Labute approximate surface area is 152 Å². The maximum absolute atomic E-state index is 12.7. The molecule has 2 fully saturated rings. The minimum Gasteiger partial charge on any atom is -0.340 e. The van der Waals surface area contributed by atoms with Gasteiger partial charge in [0.15, 0.2) is 0 Å². The molecule has 1 amide bonds. The lowest BCUT2D eigenvalue weighted by Gasteiger charge is -2.36. The van der Waals surface area contributed by atoms with Gasteiger partial charge in [-0.05, 0) is 50.3 Å². The first-order valence-electron chi connectivity index (χ1n) is 9.88. The molecule has 4 nitrogen and oxygen atoms in total. The molecule has 3 rings (SSSR count). The summed E-state index contributed by atoms with van der Waals surface area (Å²) in [6, 6.07) is 8.74. The first-order valence-corrected chi connectivity index (χ1v) is 9.88. The molecule has 2 saturated heterocycles. The number of hydrogen-bond acceptors (Lipinski definition) is 3. The zero-order chi connectivity index (χ0) is 17.6. The van der Waals surface area contributed by atoms with Crippen molar-refractivity contribution in [2.45, 2.75) is 39.7 Å². The molecule has 0 aliphatic carbocycles. The molecule has 1 aromatic rings. The molecule has 1 atom stereocenters.